The largest absolute Gasteiger partial charge is 0.489 e. The van der Waals surface area contributed by atoms with E-state index < -0.39 is 0 Å². The zero-order valence-corrected chi connectivity index (χ0v) is 15.2. The summed E-state index contributed by atoms with van der Waals surface area (Å²) >= 11 is 1.53. The van der Waals surface area contributed by atoms with Crippen LogP contribution in [0.3, 0.4) is 0 Å². The first-order valence-corrected chi connectivity index (χ1v) is 9.07. The fourth-order valence-corrected chi connectivity index (χ4v) is 2.88. The zero-order chi connectivity index (χ0) is 18.2. The van der Waals surface area contributed by atoms with E-state index in [0.29, 0.717) is 6.61 Å². The summed E-state index contributed by atoms with van der Waals surface area (Å²) in [5.41, 5.74) is 5.28. The van der Waals surface area contributed by atoms with Gasteiger partial charge in [0.15, 0.2) is 0 Å². The van der Waals surface area contributed by atoms with Crippen LogP contribution in [0.25, 0.3) is 0 Å². The van der Waals surface area contributed by atoms with Gasteiger partial charge in [0, 0.05) is 5.38 Å². The zero-order valence-electron chi connectivity index (χ0n) is 14.4. The number of benzene rings is 2. The van der Waals surface area contributed by atoms with Gasteiger partial charge in [-0.2, -0.15) is 5.10 Å². The first-order valence-electron chi connectivity index (χ1n) is 8.19. The molecule has 0 aliphatic heterocycles. The van der Waals surface area contributed by atoms with E-state index in [2.05, 4.69) is 15.5 Å². The van der Waals surface area contributed by atoms with Gasteiger partial charge in [-0.25, -0.2) is 10.4 Å². The fraction of sp³-hybridized carbons (Fsp3) is 0.150. The Bertz CT molecular complexity index is 874. The standard InChI is InChI=1S/C20H19N3O2S/c1-15-22-18(14-26-15)11-20(24)23-21-12-16-7-9-19(10-8-16)25-13-17-5-3-2-4-6-17/h2-10,12,14H,11,13H2,1H3,(H,23,24)/b21-12-. The van der Waals surface area contributed by atoms with Crippen molar-refractivity contribution in [2.75, 3.05) is 0 Å². The summed E-state index contributed by atoms with van der Waals surface area (Å²) in [6.45, 7) is 2.44. The molecule has 26 heavy (non-hydrogen) atoms. The molecule has 1 N–H and O–H groups in total. The predicted octanol–water partition coefficient (Wildman–Crippen LogP) is 3.72. The molecule has 0 spiro atoms. The van der Waals surface area contributed by atoms with E-state index in [9.17, 15) is 4.79 Å². The van der Waals surface area contributed by atoms with Crippen molar-refractivity contribution in [3.05, 3.63) is 81.8 Å². The van der Waals surface area contributed by atoms with Gasteiger partial charge in [0.2, 0.25) is 5.91 Å². The first-order chi connectivity index (χ1) is 12.7. The third-order valence-electron chi connectivity index (χ3n) is 3.54. The molecular formula is C20H19N3O2S. The monoisotopic (exact) mass is 365 g/mol. The molecule has 0 aliphatic carbocycles. The van der Waals surface area contributed by atoms with Crippen LogP contribution in [0.15, 0.2) is 65.1 Å². The molecule has 0 saturated carbocycles. The molecule has 1 aromatic heterocycles. The van der Waals surface area contributed by atoms with Crippen molar-refractivity contribution in [1.82, 2.24) is 10.4 Å². The van der Waals surface area contributed by atoms with E-state index in [1.807, 2.05) is 66.9 Å². The highest BCUT2D eigenvalue weighted by atomic mass is 32.1. The van der Waals surface area contributed by atoms with Crippen LogP contribution in [0, 0.1) is 6.92 Å². The van der Waals surface area contributed by atoms with Crippen molar-refractivity contribution in [2.45, 2.75) is 20.0 Å². The number of ether oxygens (including phenoxy) is 1. The third-order valence-corrected chi connectivity index (χ3v) is 4.36. The van der Waals surface area contributed by atoms with Crippen molar-refractivity contribution >= 4 is 23.5 Å². The first kappa shape index (κ1) is 17.8. The second-order valence-electron chi connectivity index (χ2n) is 5.67. The number of aryl methyl sites for hydroxylation is 1. The van der Waals surface area contributed by atoms with E-state index in [1.165, 1.54) is 11.3 Å². The SMILES string of the molecule is Cc1nc(CC(=O)N/N=C\c2ccc(OCc3ccccc3)cc2)cs1. The minimum atomic E-state index is -0.186. The molecule has 1 heterocycles. The normalized spacial score (nSPS) is 10.8. The number of carbonyl (C=O) groups excluding carboxylic acids is 1. The van der Waals surface area contributed by atoms with E-state index >= 15 is 0 Å². The van der Waals surface area contributed by atoms with Crippen LogP contribution >= 0.6 is 11.3 Å². The molecule has 0 saturated heterocycles. The van der Waals surface area contributed by atoms with E-state index in [0.717, 1.165) is 27.6 Å². The summed E-state index contributed by atoms with van der Waals surface area (Å²) in [5.74, 6) is 0.600. The van der Waals surface area contributed by atoms with E-state index in [4.69, 9.17) is 4.74 Å². The highest BCUT2D eigenvalue weighted by Crippen LogP contribution is 2.13. The summed E-state index contributed by atoms with van der Waals surface area (Å²) in [4.78, 5) is 16.1. The Balaban J connectivity index is 1.46. The quantitative estimate of drug-likeness (QED) is 0.513. The fourth-order valence-electron chi connectivity index (χ4n) is 2.26. The number of hydrogen-bond acceptors (Lipinski definition) is 5. The second kappa shape index (κ2) is 8.92. The summed E-state index contributed by atoms with van der Waals surface area (Å²) in [7, 11) is 0. The number of amides is 1. The smallest absolute Gasteiger partial charge is 0.246 e. The van der Waals surface area contributed by atoms with Crippen LogP contribution in [0.4, 0.5) is 0 Å². The number of carbonyl (C=O) groups is 1. The van der Waals surface area contributed by atoms with Crippen molar-refractivity contribution in [2.24, 2.45) is 5.10 Å². The lowest BCUT2D eigenvalue weighted by Gasteiger charge is -2.06. The summed E-state index contributed by atoms with van der Waals surface area (Å²) in [5, 5.41) is 6.81. The molecule has 3 rings (SSSR count). The van der Waals surface area contributed by atoms with Gasteiger partial charge in [0.1, 0.15) is 12.4 Å². The van der Waals surface area contributed by atoms with Gasteiger partial charge in [0.05, 0.1) is 23.3 Å². The molecule has 6 heteroatoms. The number of nitrogens with zero attached hydrogens (tertiary/aromatic N) is 2. The minimum absolute atomic E-state index is 0.186. The molecule has 0 aliphatic rings. The Morgan fingerprint density at radius 2 is 1.96 bits per heavy atom. The molecule has 5 nitrogen and oxygen atoms in total. The van der Waals surface area contributed by atoms with Crippen LogP contribution in [-0.4, -0.2) is 17.1 Å². The van der Waals surface area contributed by atoms with E-state index in [-0.39, 0.29) is 12.3 Å². The Kier molecular flexibility index (Phi) is 6.11. The summed E-state index contributed by atoms with van der Waals surface area (Å²) in [6, 6.07) is 17.5. The van der Waals surface area contributed by atoms with Crippen LogP contribution in [0.2, 0.25) is 0 Å². The average molecular weight is 365 g/mol. The van der Waals surface area contributed by atoms with Crippen LogP contribution in [0.1, 0.15) is 21.8 Å². The van der Waals surface area contributed by atoms with Gasteiger partial charge in [0.25, 0.3) is 0 Å². The number of nitrogens with one attached hydrogen (secondary N) is 1. The Labute approximate surface area is 156 Å². The minimum Gasteiger partial charge on any atom is -0.489 e. The average Bonchev–Trinajstić information content (AvgIpc) is 3.06. The summed E-state index contributed by atoms with van der Waals surface area (Å²) in [6.07, 6.45) is 1.83. The maximum atomic E-state index is 11.8. The molecular weight excluding hydrogens is 346 g/mol. The van der Waals surface area contributed by atoms with Gasteiger partial charge in [-0.3, -0.25) is 4.79 Å². The molecule has 0 bridgehead atoms. The number of rotatable bonds is 7. The third kappa shape index (κ3) is 5.53. The molecule has 2 aromatic carbocycles. The highest BCUT2D eigenvalue weighted by molar-refractivity contribution is 7.09. The van der Waals surface area contributed by atoms with Crippen molar-refractivity contribution in [3.8, 4) is 5.75 Å². The van der Waals surface area contributed by atoms with Crippen LogP contribution in [-0.2, 0) is 17.8 Å². The lowest BCUT2D eigenvalue weighted by atomic mass is 10.2. The van der Waals surface area contributed by atoms with Gasteiger partial charge in [-0.1, -0.05) is 30.3 Å². The Morgan fingerprint density at radius 3 is 2.65 bits per heavy atom. The molecule has 0 atom stereocenters. The highest BCUT2D eigenvalue weighted by Gasteiger charge is 2.05. The van der Waals surface area contributed by atoms with Crippen molar-refractivity contribution in [1.29, 1.82) is 0 Å². The predicted molar refractivity (Wildman–Crippen MR) is 104 cm³/mol. The van der Waals surface area contributed by atoms with Crippen LogP contribution < -0.4 is 10.2 Å². The molecule has 132 valence electrons. The van der Waals surface area contributed by atoms with Gasteiger partial charge < -0.3 is 4.74 Å². The van der Waals surface area contributed by atoms with Crippen molar-refractivity contribution in [3.63, 3.8) is 0 Å². The van der Waals surface area contributed by atoms with Crippen LogP contribution in [0.5, 0.6) is 5.75 Å². The number of hydrogen-bond donors (Lipinski definition) is 1. The molecule has 0 radical (unpaired) electrons. The Hall–Kier alpha value is -2.99. The molecule has 3 aromatic rings. The van der Waals surface area contributed by atoms with Gasteiger partial charge >= 0.3 is 0 Å². The molecule has 1 amide bonds. The van der Waals surface area contributed by atoms with Crippen molar-refractivity contribution < 1.29 is 9.53 Å². The number of hydrazone groups is 1. The topological polar surface area (TPSA) is 63.6 Å². The van der Waals surface area contributed by atoms with Gasteiger partial charge in [-0.15, -0.1) is 11.3 Å². The lowest BCUT2D eigenvalue weighted by Crippen LogP contribution is -2.19. The number of thiazole rings is 1. The Morgan fingerprint density at radius 1 is 1.19 bits per heavy atom. The lowest BCUT2D eigenvalue weighted by molar-refractivity contribution is -0.120. The van der Waals surface area contributed by atoms with E-state index in [1.54, 1.807) is 6.21 Å². The number of aromatic nitrogens is 1. The molecule has 0 fully saturated rings. The second-order valence-corrected chi connectivity index (χ2v) is 6.73. The van der Waals surface area contributed by atoms with Gasteiger partial charge in [-0.05, 0) is 42.3 Å². The maximum Gasteiger partial charge on any atom is 0.246 e. The summed E-state index contributed by atoms with van der Waals surface area (Å²) < 4.78 is 5.74. The molecule has 0 unspecified atom stereocenters. The maximum absolute atomic E-state index is 11.8.